The van der Waals surface area contributed by atoms with Crippen LogP contribution in [0.5, 0.6) is 0 Å². The molecule has 1 atom stereocenters. The third kappa shape index (κ3) is 11.1. The molecule has 1 amide bonds. The Bertz CT molecular complexity index is 1220. The van der Waals surface area contributed by atoms with Crippen molar-refractivity contribution in [2.45, 2.75) is 39.8 Å². The number of hydrogen-bond donors (Lipinski definition) is 2. The first-order valence-electron chi connectivity index (χ1n) is 12.4. The summed E-state index contributed by atoms with van der Waals surface area (Å²) < 4.78 is 49.4. The standard InChI is InChI=1S/C25H31F2N5O2.2C2H2.CH2F2/c1-25(2,3)22(31(13-7-12-28)21(34)16-33)24-29-23(19-14-18(26)10-11-20(19)27)30-32(24)15-17-8-5-4-6-9-17;2*1-2;2-1-3/h4-6,8-11,14,22,33H,7,12-13,15-16,28H2,1-3H3;2*1-2H;1H2/t22-;;;/m0.../s1. The SMILES string of the molecule is C#C.C#C.CC(C)(C)[C@H](c1nc(-c2cc(F)ccc2F)nn1Cc1ccccc1)N(CCCN)C(=O)CO.FCF. The van der Waals surface area contributed by atoms with E-state index in [2.05, 4.69) is 35.8 Å². The molecular weight excluding hydrogens is 538 g/mol. The van der Waals surface area contributed by atoms with Crippen molar-refractivity contribution >= 4 is 5.91 Å². The number of terminal acetylenes is 2. The molecule has 0 unspecified atom stereocenters. The van der Waals surface area contributed by atoms with Crippen molar-refractivity contribution in [2.24, 2.45) is 11.1 Å². The lowest BCUT2D eigenvalue weighted by atomic mass is 9.84. The van der Waals surface area contributed by atoms with Gasteiger partial charge in [0.1, 0.15) is 18.2 Å². The van der Waals surface area contributed by atoms with Gasteiger partial charge in [-0.1, -0.05) is 51.1 Å². The molecule has 0 aliphatic rings. The van der Waals surface area contributed by atoms with Crippen LogP contribution >= 0.6 is 0 Å². The molecule has 2 aromatic carbocycles. The van der Waals surface area contributed by atoms with Crippen LogP contribution in [0.3, 0.4) is 0 Å². The number of aromatic nitrogens is 3. The molecule has 11 heteroatoms. The maximum absolute atomic E-state index is 14.6. The van der Waals surface area contributed by atoms with Crippen molar-refractivity contribution in [3.63, 3.8) is 0 Å². The van der Waals surface area contributed by atoms with Crippen LogP contribution in [0.25, 0.3) is 11.4 Å². The molecule has 222 valence electrons. The normalized spacial score (nSPS) is 11.0. The minimum atomic E-state index is -1.75. The van der Waals surface area contributed by atoms with Crippen LogP contribution in [0.15, 0.2) is 48.5 Å². The van der Waals surface area contributed by atoms with Crippen molar-refractivity contribution in [1.29, 1.82) is 0 Å². The first-order chi connectivity index (χ1) is 19.6. The average Bonchev–Trinajstić information content (AvgIpc) is 3.36. The van der Waals surface area contributed by atoms with Gasteiger partial charge in [0, 0.05) is 6.54 Å². The van der Waals surface area contributed by atoms with Gasteiger partial charge >= 0.3 is 0 Å². The fourth-order valence-electron chi connectivity index (χ4n) is 3.96. The summed E-state index contributed by atoms with van der Waals surface area (Å²) in [5, 5.41) is 14.2. The summed E-state index contributed by atoms with van der Waals surface area (Å²) in [5.74, 6) is -1.30. The maximum atomic E-state index is 14.6. The van der Waals surface area contributed by atoms with Gasteiger partial charge in [-0.3, -0.25) is 4.79 Å². The van der Waals surface area contributed by atoms with Crippen LogP contribution in [0.2, 0.25) is 0 Å². The van der Waals surface area contributed by atoms with Gasteiger partial charge in [0.15, 0.2) is 11.6 Å². The summed E-state index contributed by atoms with van der Waals surface area (Å²) in [6.07, 6.45) is 16.5. The molecule has 0 spiro atoms. The van der Waals surface area contributed by atoms with Crippen molar-refractivity contribution in [2.75, 3.05) is 26.6 Å². The van der Waals surface area contributed by atoms with Crippen LogP contribution < -0.4 is 5.73 Å². The summed E-state index contributed by atoms with van der Waals surface area (Å²) in [6, 6.07) is 12.0. The smallest absolute Gasteiger partial charge is 0.248 e. The largest absolute Gasteiger partial charge is 0.387 e. The molecule has 0 aliphatic carbocycles. The van der Waals surface area contributed by atoms with E-state index in [-0.39, 0.29) is 11.4 Å². The molecule has 3 aromatic rings. The Hall–Kier alpha value is -4.19. The molecule has 3 rings (SSSR count). The predicted molar refractivity (Wildman–Crippen MR) is 152 cm³/mol. The highest BCUT2D eigenvalue weighted by molar-refractivity contribution is 5.77. The second-order valence-corrected chi connectivity index (χ2v) is 9.32. The number of alkyl halides is 2. The molecule has 3 N–H and O–H groups in total. The molecule has 0 radical (unpaired) electrons. The lowest BCUT2D eigenvalue weighted by Crippen LogP contribution is -2.44. The van der Waals surface area contributed by atoms with E-state index in [0.717, 1.165) is 23.8 Å². The highest BCUT2D eigenvalue weighted by atomic mass is 19.3. The second kappa shape index (κ2) is 19.0. The van der Waals surface area contributed by atoms with E-state index in [1.807, 2.05) is 51.1 Å². The van der Waals surface area contributed by atoms with E-state index in [4.69, 9.17) is 5.73 Å². The maximum Gasteiger partial charge on any atom is 0.248 e. The van der Waals surface area contributed by atoms with Crippen molar-refractivity contribution in [3.05, 3.63) is 71.6 Å². The second-order valence-electron chi connectivity index (χ2n) is 9.32. The van der Waals surface area contributed by atoms with Gasteiger partial charge in [-0.15, -0.1) is 25.7 Å². The number of aliphatic hydroxyl groups is 1. The Kier molecular flexibility index (Phi) is 17.0. The van der Waals surface area contributed by atoms with Crippen LogP contribution in [0, 0.1) is 42.7 Å². The zero-order valence-electron chi connectivity index (χ0n) is 23.5. The van der Waals surface area contributed by atoms with Crippen LogP contribution in [-0.2, 0) is 11.3 Å². The molecule has 0 saturated carbocycles. The summed E-state index contributed by atoms with van der Waals surface area (Å²) in [6.45, 7) is 4.40. The van der Waals surface area contributed by atoms with E-state index in [1.165, 1.54) is 0 Å². The van der Waals surface area contributed by atoms with E-state index < -0.39 is 42.5 Å². The summed E-state index contributed by atoms with van der Waals surface area (Å²) in [5.41, 5.74) is 6.03. The number of aliphatic hydroxyl groups excluding tert-OH is 1. The number of nitrogens with two attached hydrogens (primary N) is 1. The number of hydrogen-bond acceptors (Lipinski definition) is 5. The number of benzene rings is 2. The molecule has 1 aromatic heterocycles. The third-order valence-corrected chi connectivity index (χ3v) is 5.48. The molecule has 1 heterocycles. The Morgan fingerprint density at radius 1 is 1.07 bits per heavy atom. The van der Waals surface area contributed by atoms with Gasteiger partial charge in [-0.05, 0) is 42.1 Å². The van der Waals surface area contributed by atoms with E-state index in [0.29, 0.717) is 31.9 Å². The van der Waals surface area contributed by atoms with Gasteiger partial charge in [0.05, 0.1) is 18.2 Å². The van der Waals surface area contributed by atoms with Gasteiger partial charge in [-0.2, -0.15) is 5.10 Å². The highest BCUT2D eigenvalue weighted by Crippen LogP contribution is 2.38. The predicted octanol–water partition coefficient (Wildman–Crippen LogP) is 4.91. The van der Waals surface area contributed by atoms with E-state index in [1.54, 1.807) is 9.58 Å². The first-order valence-corrected chi connectivity index (χ1v) is 12.4. The minimum Gasteiger partial charge on any atom is -0.387 e. The molecule has 7 nitrogen and oxygen atoms in total. The summed E-state index contributed by atoms with van der Waals surface area (Å²) in [7, 11) is 0. The molecule has 0 saturated heterocycles. The zero-order valence-corrected chi connectivity index (χ0v) is 23.5. The zero-order chi connectivity index (χ0) is 31.6. The Morgan fingerprint density at radius 3 is 2.17 bits per heavy atom. The Balaban J connectivity index is 0.00000210. The number of carbonyl (C=O) groups is 1. The number of rotatable bonds is 9. The van der Waals surface area contributed by atoms with E-state index >= 15 is 0 Å². The monoisotopic (exact) mass is 575 g/mol. The highest BCUT2D eigenvalue weighted by Gasteiger charge is 2.38. The van der Waals surface area contributed by atoms with Crippen LogP contribution in [0.4, 0.5) is 17.6 Å². The van der Waals surface area contributed by atoms with Gasteiger partial charge in [-0.25, -0.2) is 27.2 Å². The molecule has 0 fully saturated rings. The molecular formula is C30H37F4N5O2. The van der Waals surface area contributed by atoms with Crippen molar-refractivity contribution in [3.8, 4) is 37.1 Å². The number of amides is 1. The molecule has 0 aliphatic heterocycles. The van der Waals surface area contributed by atoms with Crippen LogP contribution in [-0.4, -0.2) is 57.3 Å². The molecule has 41 heavy (non-hydrogen) atoms. The summed E-state index contributed by atoms with van der Waals surface area (Å²) >= 11 is 0. The lowest BCUT2D eigenvalue weighted by Gasteiger charge is -2.39. The van der Waals surface area contributed by atoms with Gasteiger partial charge in [0.25, 0.3) is 0 Å². The first kappa shape index (κ1) is 36.8. The topological polar surface area (TPSA) is 97.3 Å². The quantitative estimate of drug-likeness (QED) is 0.279. The van der Waals surface area contributed by atoms with Gasteiger partial charge in [0.2, 0.25) is 12.8 Å². The Labute approximate surface area is 239 Å². The lowest BCUT2D eigenvalue weighted by molar-refractivity contribution is -0.139. The number of halogens is 4. The van der Waals surface area contributed by atoms with Crippen molar-refractivity contribution in [1.82, 2.24) is 19.7 Å². The number of carbonyl (C=O) groups excluding carboxylic acids is 1. The van der Waals surface area contributed by atoms with Gasteiger partial charge < -0.3 is 15.7 Å². The fourth-order valence-corrected chi connectivity index (χ4v) is 3.96. The fraction of sp³-hybridized carbons (Fsp3) is 0.367. The van der Waals surface area contributed by atoms with Crippen molar-refractivity contribution < 1.29 is 27.5 Å². The summed E-state index contributed by atoms with van der Waals surface area (Å²) in [4.78, 5) is 19.0. The minimum absolute atomic E-state index is 0.0207. The Morgan fingerprint density at radius 2 is 1.66 bits per heavy atom. The third-order valence-electron chi connectivity index (χ3n) is 5.48. The molecule has 0 bridgehead atoms. The van der Waals surface area contributed by atoms with E-state index in [9.17, 15) is 27.5 Å². The van der Waals surface area contributed by atoms with Crippen LogP contribution in [0.1, 0.15) is 44.6 Å². The average molecular weight is 576 g/mol. The number of nitrogens with zero attached hydrogens (tertiary/aromatic N) is 4.